The fourth-order valence-corrected chi connectivity index (χ4v) is 4.01. The maximum absolute atomic E-state index is 12.8. The molecule has 2 aromatic heterocycles. The Labute approximate surface area is 199 Å². The lowest BCUT2D eigenvalue weighted by Gasteiger charge is -2.23. The first-order valence-electron chi connectivity index (χ1n) is 11.8. The number of rotatable bonds is 8. The molecule has 0 N–H and O–H groups in total. The molecule has 0 radical (unpaired) electrons. The number of nitrogens with zero attached hydrogens (tertiary/aromatic N) is 4. The molecule has 34 heavy (non-hydrogen) atoms. The predicted octanol–water partition coefficient (Wildman–Crippen LogP) is 3.97. The van der Waals surface area contributed by atoms with Gasteiger partial charge < -0.3 is 19.0 Å². The van der Waals surface area contributed by atoms with E-state index in [1.165, 1.54) is 0 Å². The third kappa shape index (κ3) is 6.01. The standard InChI is InChI=1S/C26H30N4O4/c1-2-33-26(32)21-12-13-23(27-18-21)29-14-7-15-30(17-16-29)25(31)11-6-10-24-28-19-22(34-24)20-8-4-3-5-9-20/h3-5,8-9,12-13,18-19H,2,6-7,10-11,14-17H2,1H3. The van der Waals surface area contributed by atoms with Crippen LogP contribution in [-0.4, -0.2) is 59.5 Å². The third-order valence-corrected chi connectivity index (χ3v) is 5.82. The summed E-state index contributed by atoms with van der Waals surface area (Å²) >= 11 is 0. The molecule has 3 aromatic rings. The number of aryl methyl sites for hydroxylation is 1. The van der Waals surface area contributed by atoms with Gasteiger partial charge in [-0.3, -0.25) is 4.79 Å². The molecule has 1 amide bonds. The van der Waals surface area contributed by atoms with Gasteiger partial charge in [0.05, 0.1) is 18.4 Å². The molecule has 0 atom stereocenters. The first kappa shape index (κ1) is 23.5. The highest BCUT2D eigenvalue weighted by Crippen LogP contribution is 2.21. The molecule has 4 rings (SSSR count). The Hall–Kier alpha value is -3.68. The summed E-state index contributed by atoms with van der Waals surface area (Å²) in [7, 11) is 0. The summed E-state index contributed by atoms with van der Waals surface area (Å²) < 4.78 is 10.8. The Morgan fingerprint density at radius 3 is 2.62 bits per heavy atom. The van der Waals surface area contributed by atoms with Crippen LogP contribution in [0.25, 0.3) is 11.3 Å². The van der Waals surface area contributed by atoms with Gasteiger partial charge in [-0.15, -0.1) is 0 Å². The van der Waals surface area contributed by atoms with Gasteiger partial charge in [0.15, 0.2) is 11.7 Å². The van der Waals surface area contributed by atoms with Gasteiger partial charge >= 0.3 is 5.97 Å². The second-order valence-electron chi connectivity index (χ2n) is 8.18. The van der Waals surface area contributed by atoms with Crippen molar-refractivity contribution < 1.29 is 18.7 Å². The number of oxazole rings is 1. The molecule has 0 spiro atoms. The molecular formula is C26H30N4O4. The van der Waals surface area contributed by atoms with Crippen molar-refractivity contribution in [3.05, 3.63) is 66.3 Å². The Morgan fingerprint density at radius 1 is 1.00 bits per heavy atom. The van der Waals surface area contributed by atoms with Gasteiger partial charge in [-0.05, 0) is 31.9 Å². The third-order valence-electron chi connectivity index (χ3n) is 5.82. The van der Waals surface area contributed by atoms with Crippen LogP contribution in [0.3, 0.4) is 0 Å². The second kappa shape index (κ2) is 11.4. The van der Waals surface area contributed by atoms with E-state index in [4.69, 9.17) is 9.15 Å². The number of aromatic nitrogens is 2. The zero-order chi connectivity index (χ0) is 23.8. The molecule has 1 aromatic carbocycles. The summed E-state index contributed by atoms with van der Waals surface area (Å²) in [4.78, 5) is 37.5. The molecule has 1 aliphatic rings. The summed E-state index contributed by atoms with van der Waals surface area (Å²) in [5, 5.41) is 0. The number of hydrogen-bond acceptors (Lipinski definition) is 7. The van der Waals surface area contributed by atoms with E-state index in [2.05, 4.69) is 14.9 Å². The van der Waals surface area contributed by atoms with E-state index < -0.39 is 0 Å². The minimum absolute atomic E-state index is 0.155. The topological polar surface area (TPSA) is 88.8 Å². The van der Waals surface area contributed by atoms with Crippen LogP contribution in [0.4, 0.5) is 5.82 Å². The lowest BCUT2D eigenvalue weighted by Crippen LogP contribution is -2.35. The van der Waals surface area contributed by atoms with Crippen LogP contribution in [0.15, 0.2) is 59.3 Å². The molecule has 3 heterocycles. The van der Waals surface area contributed by atoms with E-state index in [-0.39, 0.29) is 11.9 Å². The van der Waals surface area contributed by atoms with Crippen LogP contribution in [0.1, 0.15) is 42.4 Å². The lowest BCUT2D eigenvalue weighted by atomic mass is 10.2. The molecule has 0 unspecified atom stereocenters. The number of benzene rings is 1. The summed E-state index contributed by atoms with van der Waals surface area (Å²) in [5.41, 5.74) is 1.44. The average molecular weight is 463 g/mol. The Balaban J connectivity index is 1.24. The molecule has 0 saturated carbocycles. The number of amides is 1. The van der Waals surface area contributed by atoms with Crippen molar-refractivity contribution in [1.82, 2.24) is 14.9 Å². The van der Waals surface area contributed by atoms with Gasteiger partial charge in [0.25, 0.3) is 0 Å². The number of hydrogen-bond donors (Lipinski definition) is 0. The highest BCUT2D eigenvalue weighted by atomic mass is 16.5. The van der Waals surface area contributed by atoms with E-state index >= 15 is 0 Å². The zero-order valence-electron chi connectivity index (χ0n) is 19.5. The molecule has 178 valence electrons. The summed E-state index contributed by atoms with van der Waals surface area (Å²) in [6.07, 6.45) is 5.96. The largest absolute Gasteiger partial charge is 0.462 e. The molecule has 0 aliphatic carbocycles. The van der Waals surface area contributed by atoms with Crippen molar-refractivity contribution in [1.29, 1.82) is 0 Å². The second-order valence-corrected chi connectivity index (χ2v) is 8.18. The van der Waals surface area contributed by atoms with Crippen LogP contribution < -0.4 is 4.90 Å². The van der Waals surface area contributed by atoms with Crippen LogP contribution in [-0.2, 0) is 16.0 Å². The van der Waals surface area contributed by atoms with E-state index in [1.807, 2.05) is 41.3 Å². The van der Waals surface area contributed by atoms with Crippen molar-refractivity contribution in [2.45, 2.75) is 32.6 Å². The zero-order valence-corrected chi connectivity index (χ0v) is 19.5. The van der Waals surface area contributed by atoms with Gasteiger partial charge in [0, 0.05) is 50.8 Å². The Kier molecular flexibility index (Phi) is 7.91. The van der Waals surface area contributed by atoms with Crippen LogP contribution in [0.5, 0.6) is 0 Å². The summed E-state index contributed by atoms with van der Waals surface area (Å²) in [6, 6.07) is 13.4. The molecule has 8 nitrogen and oxygen atoms in total. The fraction of sp³-hybridized carbons (Fsp3) is 0.385. The predicted molar refractivity (Wildman–Crippen MR) is 128 cm³/mol. The van der Waals surface area contributed by atoms with E-state index in [1.54, 1.807) is 25.4 Å². The van der Waals surface area contributed by atoms with E-state index in [0.29, 0.717) is 50.4 Å². The number of esters is 1. The Bertz CT molecular complexity index is 1080. The van der Waals surface area contributed by atoms with Crippen molar-refractivity contribution in [3.63, 3.8) is 0 Å². The van der Waals surface area contributed by atoms with Crippen molar-refractivity contribution in [3.8, 4) is 11.3 Å². The number of pyridine rings is 1. The Morgan fingerprint density at radius 2 is 1.85 bits per heavy atom. The molecule has 0 bridgehead atoms. The number of anilines is 1. The molecular weight excluding hydrogens is 432 g/mol. The van der Waals surface area contributed by atoms with Crippen LogP contribution >= 0.6 is 0 Å². The van der Waals surface area contributed by atoms with Crippen LogP contribution in [0.2, 0.25) is 0 Å². The van der Waals surface area contributed by atoms with Gasteiger partial charge in [-0.1, -0.05) is 30.3 Å². The van der Waals surface area contributed by atoms with Crippen LogP contribution in [0, 0.1) is 0 Å². The maximum atomic E-state index is 12.8. The molecule has 1 saturated heterocycles. The number of ether oxygens (including phenoxy) is 1. The van der Waals surface area contributed by atoms with Gasteiger partial charge in [-0.25, -0.2) is 14.8 Å². The summed E-state index contributed by atoms with van der Waals surface area (Å²) in [5.74, 6) is 2.00. The summed E-state index contributed by atoms with van der Waals surface area (Å²) in [6.45, 7) is 5.01. The molecule has 1 fully saturated rings. The van der Waals surface area contributed by atoms with E-state index in [9.17, 15) is 9.59 Å². The first-order valence-corrected chi connectivity index (χ1v) is 11.8. The van der Waals surface area contributed by atoms with E-state index in [0.717, 1.165) is 36.7 Å². The van der Waals surface area contributed by atoms with Gasteiger partial charge in [0.2, 0.25) is 5.91 Å². The highest BCUT2D eigenvalue weighted by Gasteiger charge is 2.20. The number of carbonyl (C=O) groups excluding carboxylic acids is 2. The van der Waals surface area contributed by atoms with Gasteiger partial charge in [0.1, 0.15) is 5.82 Å². The average Bonchev–Trinajstić information content (AvgIpc) is 3.20. The lowest BCUT2D eigenvalue weighted by molar-refractivity contribution is -0.131. The smallest absolute Gasteiger partial charge is 0.339 e. The van der Waals surface area contributed by atoms with Crippen molar-refractivity contribution >= 4 is 17.7 Å². The quantitative estimate of drug-likeness (QED) is 0.468. The first-order chi connectivity index (χ1) is 16.6. The minimum Gasteiger partial charge on any atom is -0.462 e. The highest BCUT2D eigenvalue weighted by molar-refractivity contribution is 5.89. The minimum atomic E-state index is -0.366. The SMILES string of the molecule is CCOC(=O)c1ccc(N2CCCN(C(=O)CCCc3ncc(-c4ccccc4)o3)CC2)nc1. The van der Waals surface area contributed by atoms with Crippen molar-refractivity contribution in [2.24, 2.45) is 0 Å². The normalized spacial score (nSPS) is 14.0. The van der Waals surface area contributed by atoms with Crippen molar-refractivity contribution in [2.75, 3.05) is 37.7 Å². The fourth-order valence-electron chi connectivity index (χ4n) is 4.01. The maximum Gasteiger partial charge on any atom is 0.339 e. The molecule has 1 aliphatic heterocycles. The molecule has 8 heteroatoms. The van der Waals surface area contributed by atoms with Gasteiger partial charge in [-0.2, -0.15) is 0 Å². The number of carbonyl (C=O) groups is 2. The monoisotopic (exact) mass is 462 g/mol.